The van der Waals surface area contributed by atoms with E-state index >= 15 is 0 Å². The van der Waals surface area contributed by atoms with Crippen LogP contribution in [0.15, 0.2) is 60.9 Å². The molecule has 2 aromatic carbocycles. The van der Waals surface area contributed by atoms with Crippen molar-refractivity contribution in [2.24, 2.45) is 0 Å². The molecule has 9 nitrogen and oxygen atoms in total. The fraction of sp³-hybridized carbons (Fsp3) is 0. The van der Waals surface area contributed by atoms with Gasteiger partial charge in [0.15, 0.2) is 0 Å². The number of carbonyl (C=O) groups is 1. The fourth-order valence-corrected chi connectivity index (χ4v) is 2.18. The molecule has 3 N–H and O–H groups in total. The lowest BCUT2D eigenvalue weighted by Crippen LogP contribution is -2.30. The lowest BCUT2D eigenvalue weighted by Gasteiger charge is -2.11. The van der Waals surface area contributed by atoms with Crippen molar-refractivity contribution >= 4 is 28.9 Å². The molecule has 3 rings (SSSR count). The second-order valence-electron chi connectivity index (χ2n) is 5.25. The quantitative estimate of drug-likeness (QED) is 0.451. The number of hydrogen-bond donors (Lipinski definition) is 3. The van der Waals surface area contributed by atoms with Crippen LogP contribution >= 0.6 is 0 Å². The molecular formula is C17H13FN6O3. The predicted molar refractivity (Wildman–Crippen MR) is 95.9 cm³/mol. The molecule has 0 aliphatic carbocycles. The minimum Gasteiger partial charge on any atom is -0.334 e. The zero-order valence-corrected chi connectivity index (χ0v) is 13.7. The number of nitrogens with one attached hydrogen (secondary N) is 3. The van der Waals surface area contributed by atoms with Crippen LogP contribution in [-0.2, 0) is 0 Å². The van der Waals surface area contributed by atoms with E-state index in [1.165, 1.54) is 24.3 Å². The first kappa shape index (κ1) is 17.7. The molecule has 0 radical (unpaired) electrons. The summed E-state index contributed by atoms with van der Waals surface area (Å²) in [6.45, 7) is 0. The molecule has 0 saturated heterocycles. The van der Waals surface area contributed by atoms with Gasteiger partial charge in [-0.2, -0.15) is 0 Å². The van der Waals surface area contributed by atoms with Gasteiger partial charge < -0.3 is 5.32 Å². The zero-order valence-electron chi connectivity index (χ0n) is 13.7. The fourth-order valence-electron chi connectivity index (χ4n) is 2.18. The van der Waals surface area contributed by atoms with Crippen LogP contribution in [0.3, 0.4) is 0 Å². The Balaban J connectivity index is 1.82. The second-order valence-corrected chi connectivity index (χ2v) is 5.25. The van der Waals surface area contributed by atoms with E-state index in [-0.39, 0.29) is 11.6 Å². The summed E-state index contributed by atoms with van der Waals surface area (Å²) < 4.78 is 13.0. The highest BCUT2D eigenvalue weighted by atomic mass is 19.1. The van der Waals surface area contributed by atoms with Crippen molar-refractivity contribution in [3.05, 3.63) is 82.4 Å². The number of aromatic nitrogens is 2. The lowest BCUT2D eigenvalue weighted by molar-refractivity contribution is -0.383. The van der Waals surface area contributed by atoms with E-state index in [9.17, 15) is 19.3 Å². The summed E-state index contributed by atoms with van der Waals surface area (Å²) in [4.78, 5) is 30.5. The molecule has 0 aliphatic heterocycles. The van der Waals surface area contributed by atoms with Gasteiger partial charge in [0.05, 0.1) is 4.92 Å². The highest BCUT2D eigenvalue weighted by molar-refractivity contribution is 5.95. The Morgan fingerprint density at radius 2 is 1.67 bits per heavy atom. The van der Waals surface area contributed by atoms with Gasteiger partial charge in [-0.15, -0.1) is 0 Å². The van der Waals surface area contributed by atoms with Gasteiger partial charge in [0.2, 0.25) is 11.6 Å². The van der Waals surface area contributed by atoms with Crippen molar-refractivity contribution in [1.29, 1.82) is 0 Å². The average Bonchev–Trinajstić information content (AvgIpc) is 2.68. The summed E-state index contributed by atoms with van der Waals surface area (Å²) in [5.41, 5.74) is 5.07. The predicted octanol–water partition coefficient (Wildman–Crippen LogP) is 3.02. The molecule has 0 aliphatic rings. The molecule has 0 unspecified atom stereocenters. The van der Waals surface area contributed by atoms with Crippen LogP contribution in [0.2, 0.25) is 0 Å². The van der Waals surface area contributed by atoms with Crippen LogP contribution in [-0.4, -0.2) is 20.8 Å². The summed E-state index contributed by atoms with van der Waals surface area (Å²) in [5, 5.41) is 14.2. The van der Waals surface area contributed by atoms with Gasteiger partial charge >= 0.3 is 5.69 Å². The Hall–Kier alpha value is -4.08. The lowest BCUT2D eigenvalue weighted by atomic mass is 10.2. The Morgan fingerprint density at radius 1 is 1.00 bits per heavy atom. The number of hydrogen-bond acceptors (Lipinski definition) is 7. The summed E-state index contributed by atoms with van der Waals surface area (Å²) in [7, 11) is 0. The van der Waals surface area contributed by atoms with Crippen LogP contribution in [0.1, 0.15) is 10.4 Å². The van der Waals surface area contributed by atoms with E-state index < -0.39 is 22.3 Å². The van der Waals surface area contributed by atoms with Crippen molar-refractivity contribution in [2.45, 2.75) is 0 Å². The third-order valence-electron chi connectivity index (χ3n) is 3.44. The molecule has 0 bridgehead atoms. The summed E-state index contributed by atoms with van der Waals surface area (Å²) in [6.07, 6.45) is 1.09. The molecule has 0 saturated carbocycles. The van der Waals surface area contributed by atoms with Gasteiger partial charge in [-0.05, 0) is 36.4 Å². The van der Waals surface area contributed by atoms with E-state index in [4.69, 9.17) is 0 Å². The summed E-state index contributed by atoms with van der Waals surface area (Å²) >= 11 is 0. The van der Waals surface area contributed by atoms with Crippen LogP contribution < -0.4 is 16.2 Å². The Bertz CT molecular complexity index is 966. The molecule has 0 fully saturated rings. The van der Waals surface area contributed by atoms with Crippen molar-refractivity contribution in [2.75, 3.05) is 10.7 Å². The van der Waals surface area contributed by atoms with E-state index in [1.54, 1.807) is 30.3 Å². The van der Waals surface area contributed by atoms with E-state index in [0.717, 1.165) is 6.33 Å². The monoisotopic (exact) mass is 368 g/mol. The van der Waals surface area contributed by atoms with Crippen molar-refractivity contribution in [3.63, 3.8) is 0 Å². The van der Waals surface area contributed by atoms with E-state index in [0.29, 0.717) is 11.3 Å². The van der Waals surface area contributed by atoms with E-state index in [2.05, 4.69) is 26.1 Å². The number of halogens is 1. The maximum absolute atomic E-state index is 13.0. The Labute approximate surface area is 152 Å². The molecule has 1 aromatic heterocycles. The van der Waals surface area contributed by atoms with Crippen molar-refractivity contribution in [1.82, 2.24) is 15.4 Å². The average molecular weight is 368 g/mol. The molecule has 27 heavy (non-hydrogen) atoms. The van der Waals surface area contributed by atoms with Crippen molar-refractivity contribution < 1.29 is 14.1 Å². The number of rotatable bonds is 6. The molecule has 3 aromatic rings. The number of benzene rings is 2. The SMILES string of the molecule is O=C(NNc1ncnc(Nc2ccc(F)cc2)c1[N+](=O)[O-])c1ccccc1. The Kier molecular flexibility index (Phi) is 5.17. The number of carbonyl (C=O) groups excluding carboxylic acids is 1. The van der Waals surface area contributed by atoms with Gasteiger partial charge in [-0.1, -0.05) is 18.2 Å². The van der Waals surface area contributed by atoms with Crippen LogP contribution in [0.25, 0.3) is 0 Å². The highest BCUT2D eigenvalue weighted by Gasteiger charge is 2.23. The summed E-state index contributed by atoms with van der Waals surface area (Å²) in [5.74, 6) is -1.25. The highest BCUT2D eigenvalue weighted by Crippen LogP contribution is 2.30. The van der Waals surface area contributed by atoms with Gasteiger partial charge in [0.1, 0.15) is 12.1 Å². The number of nitro groups is 1. The minimum atomic E-state index is -0.692. The first-order chi connectivity index (χ1) is 13.0. The molecular weight excluding hydrogens is 355 g/mol. The topological polar surface area (TPSA) is 122 Å². The van der Waals surface area contributed by atoms with Crippen LogP contribution in [0.5, 0.6) is 0 Å². The minimum absolute atomic E-state index is 0.113. The number of anilines is 3. The largest absolute Gasteiger partial charge is 0.355 e. The first-order valence-corrected chi connectivity index (χ1v) is 7.68. The standard InChI is InChI=1S/C17H13FN6O3/c18-12-6-8-13(9-7-12)21-15-14(24(26)27)16(20-10-19-15)22-23-17(25)11-4-2-1-3-5-11/h1-10H,(H,23,25)(H2,19,20,21,22). The maximum Gasteiger partial charge on any atom is 0.355 e. The second kappa shape index (κ2) is 7.87. The van der Waals surface area contributed by atoms with Gasteiger partial charge in [-0.25, -0.2) is 14.4 Å². The molecule has 1 heterocycles. The Morgan fingerprint density at radius 3 is 2.33 bits per heavy atom. The molecule has 1 amide bonds. The maximum atomic E-state index is 13.0. The third kappa shape index (κ3) is 4.31. The zero-order chi connectivity index (χ0) is 19.2. The molecule has 136 valence electrons. The van der Waals surface area contributed by atoms with Gasteiger partial charge in [-0.3, -0.25) is 25.8 Å². The van der Waals surface area contributed by atoms with Crippen LogP contribution in [0.4, 0.5) is 27.4 Å². The smallest absolute Gasteiger partial charge is 0.334 e. The third-order valence-corrected chi connectivity index (χ3v) is 3.44. The number of amides is 1. The number of nitrogens with zero attached hydrogens (tertiary/aromatic N) is 3. The molecule has 0 atom stereocenters. The molecule has 10 heteroatoms. The van der Waals surface area contributed by atoms with Crippen molar-refractivity contribution in [3.8, 4) is 0 Å². The van der Waals surface area contributed by atoms with Gasteiger partial charge in [0, 0.05) is 11.3 Å². The van der Waals surface area contributed by atoms with Crippen LogP contribution in [0, 0.1) is 15.9 Å². The number of hydrazine groups is 1. The normalized spacial score (nSPS) is 10.1. The summed E-state index contributed by atoms with van der Waals surface area (Å²) in [6, 6.07) is 13.5. The molecule has 0 spiro atoms. The first-order valence-electron chi connectivity index (χ1n) is 7.68. The van der Waals surface area contributed by atoms with Gasteiger partial charge in [0.25, 0.3) is 5.91 Å². The van der Waals surface area contributed by atoms with E-state index in [1.807, 2.05) is 0 Å².